The molecule has 2 atom stereocenters. The molecule has 3 N–H and O–H groups in total. The first-order chi connectivity index (χ1) is 9.39. The lowest BCUT2D eigenvalue weighted by Gasteiger charge is -2.19. The molecule has 1 aromatic carbocycles. The van der Waals surface area contributed by atoms with Crippen LogP contribution in [-0.2, 0) is 20.9 Å². The predicted molar refractivity (Wildman–Crippen MR) is 70.0 cm³/mol. The van der Waals surface area contributed by atoms with Crippen LogP contribution in [0.1, 0.15) is 19.4 Å². The third kappa shape index (κ3) is 3.55. The van der Waals surface area contributed by atoms with Gasteiger partial charge in [0.15, 0.2) is 6.10 Å². The lowest BCUT2D eigenvalue weighted by molar-refractivity contribution is -0.336. The van der Waals surface area contributed by atoms with Crippen molar-refractivity contribution >= 4 is 5.97 Å². The summed E-state index contributed by atoms with van der Waals surface area (Å²) in [5, 5.41) is 21.3. The standard InChI is InChI=1S/C14H19NO5/c1-9(2)11-12(20-14(17,18)15-11)13(16)19-8-10-6-4-3-5-7-10/h3-7,9,11-12,15,17-18H,8H2,1-2H3/t11-,12+/m1/s1. The van der Waals surface area contributed by atoms with Gasteiger partial charge in [-0.3, -0.25) is 4.74 Å². The SMILES string of the molecule is CC(C)[C@H]1NC(O)(O)O[C@@H]1C(=O)OCc1ccccc1. The summed E-state index contributed by atoms with van der Waals surface area (Å²) in [6.45, 7) is 3.81. The van der Waals surface area contributed by atoms with Crippen LogP contribution in [-0.4, -0.2) is 34.4 Å². The Kier molecular flexibility index (Phi) is 4.39. The molecule has 1 heterocycles. The summed E-state index contributed by atoms with van der Waals surface area (Å²) in [5.41, 5.74) is 0.854. The van der Waals surface area contributed by atoms with Gasteiger partial charge in [-0.1, -0.05) is 44.2 Å². The maximum Gasteiger partial charge on any atom is 0.346 e. The van der Waals surface area contributed by atoms with Gasteiger partial charge in [0, 0.05) is 0 Å². The largest absolute Gasteiger partial charge is 0.459 e. The van der Waals surface area contributed by atoms with E-state index in [1.807, 2.05) is 44.2 Å². The monoisotopic (exact) mass is 281 g/mol. The van der Waals surface area contributed by atoms with Crippen LogP contribution in [0.25, 0.3) is 0 Å². The molecule has 6 heteroatoms. The van der Waals surface area contributed by atoms with E-state index in [1.54, 1.807) is 0 Å². The Hall–Kier alpha value is -1.47. The van der Waals surface area contributed by atoms with Crippen LogP contribution in [0.15, 0.2) is 30.3 Å². The Balaban J connectivity index is 1.97. The van der Waals surface area contributed by atoms with Gasteiger partial charge in [-0.25, -0.2) is 10.1 Å². The summed E-state index contributed by atoms with van der Waals surface area (Å²) in [6, 6.07) is 8.72. The number of ether oxygens (including phenoxy) is 2. The van der Waals surface area contributed by atoms with Crippen molar-refractivity contribution in [2.45, 2.75) is 38.7 Å². The average molecular weight is 281 g/mol. The highest BCUT2D eigenvalue weighted by Gasteiger charge is 2.49. The number of nitrogens with one attached hydrogen (secondary N) is 1. The number of rotatable bonds is 4. The van der Waals surface area contributed by atoms with Gasteiger partial charge in [0.2, 0.25) is 0 Å². The molecular formula is C14H19NO5. The normalized spacial score (nSPS) is 24.9. The van der Waals surface area contributed by atoms with E-state index in [2.05, 4.69) is 5.32 Å². The van der Waals surface area contributed by atoms with Crippen molar-refractivity contribution in [3.05, 3.63) is 35.9 Å². The van der Waals surface area contributed by atoms with Crippen LogP contribution in [0.2, 0.25) is 0 Å². The van der Waals surface area contributed by atoms with E-state index >= 15 is 0 Å². The van der Waals surface area contributed by atoms with Crippen LogP contribution < -0.4 is 5.32 Å². The van der Waals surface area contributed by atoms with Gasteiger partial charge in [-0.2, -0.15) is 0 Å². The quantitative estimate of drug-likeness (QED) is 0.545. The first-order valence-electron chi connectivity index (χ1n) is 6.50. The molecule has 6 nitrogen and oxygen atoms in total. The number of hydrogen-bond acceptors (Lipinski definition) is 6. The van der Waals surface area contributed by atoms with Crippen molar-refractivity contribution in [3.63, 3.8) is 0 Å². The van der Waals surface area contributed by atoms with E-state index in [-0.39, 0.29) is 12.5 Å². The van der Waals surface area contributed by atoms with Gasteiger partial charge < -0.3 is 14.9 Å². The molecule has 1 aliphatic rings. The summed E-state index contributed by atoms with van der Waals surface area (Å²) in [5.74, 6) is -0.643. The van der Waals surface area contributed by atoms with Gasteiger partial charge in [0.25, 0.3) is 0 Å². The molecule has 0 unspecified atom stereocenters. The lowest BCUT2D eigenvalue weighted by Crippen LogP contribution is -2.46. The highest BCUT2D eigenvalue weighted by molar-refractivity contribution is 5.76. The van der Waals surface area contributed by atoms with Crippen molar-refractivity contribution in [1.82, 2.24) is 5.32 Å². The molecule has 110 valence electrons. The minimum absolute atomic E-state index is 0.0227. The Morgan fingerprint density at radius 1 is 1.40 bits per heavy atom. The summed E-state index contributed by atoms with van der Waals surface area (Å²) in [7, 11) is 0. The first-order valence-corrected chi connectivity index (χ1v) is 6.50. The van der Waals surface area contributed by atoms with E-state index < -0.39 is 24.2 Å². The van der Waals surface area contributed by atoms with Crippen molar-refractivity contribution < 1.29 is 24.5 Å². The van der Waals surface area contributed by atoms with Gasteiger partial charge >= 0.3 is 12.1 Å². The van der Waals surface area contributed by atoms with Crippen molar-refractivity contribution in [3.8, 4) is 0 Å². The maximum atomic E-state index is 12.0. The predicted octanol–water partition coefficient (Wildman–Crippen LogP) is 0.339. The summed E-state index contributed by atoms with van der Waals surface area (Å²) in [6.07, 6.45) is -3.54. The van der Waals surface area contributed by atoms with Gasteiger partial charge in [0.05, 0.1) is 6.04 Å². The van der Waals surface area contributed by atoms with Crippen LogP contribution >= 0.6 is 0 Å². The number of esters is 1. The fraction of sp³-hybridized carbons (Fsp3) is 0.500. The zero-order valence-electron chi connectivity index (χ0n) is 11.4. The van der Waals surface area contributed by atoms with Gasteiger partial charge in [-0.15, -0.1) is 0 Å². The third-order valence-electron chi connectivity index (χ3n) is 3.15. The highest BCUT2D eigenvalue weighted by Crippen LogP contribution is 2.24. The van der Waals surface area contributed by atoms with Crippen molar-refractivity contribution in [2.75, 3.05) is 0 Å². The smallest absolute Gasteiger partial charge is 0.346 e. The van der Waals surface area contributed by atoms with E-state index in [9.17, 15) is 15.0 Å². The fourth-order valence-corrected chi connectivity index (χ4v) is 2.10. The lowest BCUT2D eigenvalue weighted by atomic mass is 9.99. The second-order valence-corrected chi connectivity index (χ2v) is 5.15. The summed E-state index contributed by atoms with van der Waals surface area (Å²) in [4.78, 5) is 12.0. The molecule has 0 amide bonds. The molecule has 2 rings (SSSR count). The van der Waals surface area contributed by atoms with Crippen molar-refractivity contribution in [1.29, 1.82) is 0 Å². The van der Waals surface area contributed by atoms with E-state index in [4.69, 9.17) is 9.47 Å². The van der Waals surface area contributed by atoms with Gasteiger partial charge in [-0.05, 0) is 11.5 Å². The molecule has 1 saturated heterocycles. The molecule has 1 aromatic rings. The molecule has 20 heavy (non-hydrogen) atoms. The average Bonchev–Trinajstić information content (AvgIpc) is 2.74. The topological polar surface area (TPSA) is 88.0 Å². The second kappa shape index (κ2) is 5.88. The van der Waals surface area contributed by atoms with E-state index in [0.717, 1.165) is 5.56 Å². The van der Waals surface area contributed by atoms with Crippen LogP contribution in [0.3, 0.4) is 0 Å². The Morgan fingerprint density at radius 2 is 2.05 bits per heavy atom. The number of carbonyl (C=O) groups excluding carboxylic acids is 1. The molecule has 0 saturated carbocycles. The molecule has 1 fully saturated rings. The molecule has 0 radical (unpaired) electrons. The van der Waals surface area contributed by atoms with Crippen LogP contribution in [0.5, 0.6) is 0 Å². The second-order valence-electron chi connectivity index (χ2n) is 5.15. The summed E-state index contributed by atoms with van der Waals surface area (Å²) >= 11 is 0. The van der Waals surface area contributed by atoms with Crippen LogP contribution in [0.4, 0.5) is 0 Å². The Bertz CT molecular complexity index is 460. The number of aliphatic hydroxyl groups is 2. The zero-order chi connectivity index (χ0) is 14.8. The highest BCUT2D eigenvalue weighted by atomic mass is 16.8. The zero-order valence-corrected chi connectivity index (χ0v) is 11.4. The third-order valence-corrected chi connectivity index (χ3v) is 3.15. The molecule has 0 aromatic heterocycles. The minimum atomic E-state index is -2.49. The minimum Gasteiger partial charge on any atom is -0.459 e. The van der Waals surface area contributed by atoms with E-state index in [0.29, 0.717) is 0 Å². The Morgan fingerprint density at radius 3 is 2.65 bits per heavy atom. The van der Waals surface area contributed by atoms with Crippen molar-refractivity contribution in [2.24, 2.45) is 5.92 Å². The van der Waals surface area contributed by atoms with Crippen LogP contribution in [0, 0.1) is 5.92 Å². The molecule has 0 bridgehead atoms. The van der Waals surface area contributed by atoms with E-state index in [1.165, 1.54) is 0 Å². The first kappa shape index (κ1) is 14.9. The maximum absolute atomic E-state index is 12.0. The fourth-order valence-electron chi connectivity index (χ4n) is 2.10. The molecule has 0 spiro atoms. The molecule has 1 aliphatic heterocycles. The number of carbonyl (C=O) groups is 1. The van der Waals surface area contributed by atoms with Gasteiger partial charge in [0.1, 0.15) is 6.61 Å². The number of hydrogen-bond donors (Lipinski definition) is 3. The molecule has 0 aliphatic carbocycles. The molecular weight excluding hydrogens is 262 g/mol. The Labute approximate surface area is 117 Å². The summed E-state index contributed by atoms with van der Waals surface area (Å²) < 4.78 is 10.1. The number of benzene rings is 1.